The van der Waals surface area contributed by atoms with Crippen molar-refractivity contribution in [1.82, 2.24) is 19.8 Å². The minimum Gasteiger partial charge on any atom is -0.396 e. The van der Waals surface area contributed by atoms with E-state index in [4.69, 9.17) is 0 Å². The largest absolute Gasteiger partial charge is 0.396 e. The molecule has 1 N–H and O–H groups in total. The summed E-state index contributed by atoms with van der Waals surface area (Å²) in [6.07, 6.45) is 5.08. The number of hydrogen-bond donors (Lipinski definition) is 1. The molecule has 2 heterocycles. The first-order valence-corrected chi connectivity index (χ1v) is 9.10. The van der Waals surface area contributed by atoms with Gasteiger partial charge in [-0.05, 0) is 46.3 Å². The molecule has 2 aliphatic rings. The maximum absolute atomic E-state index is 9.84. The van der Waals surface area contributed by atoms with Gasteiger partial charge in [0.25, 0.3) is 0 Å². The van der Waals surface area contributed by atoms with Crippen LogP contribution in [0.25, 0.3) is 0 Å². The van der Waals surface area contributed by atoms with Crippen molar-refractivity contribution in [3.8, 4) is 0 Å². The number of aliphatic hydroxyl groups is 1. The highest BCUT2D eigenvalue weighted by molar-refractivity contribution is 5.51. The number of aryl methyl sites for hydroxylation is 1. The Kier molecular flexibility index (Phi) is 5.69. The normalized spacial score (nSPS) is 23.5. The van der Waals surface area contributed by atoms with E-state index in [9.17, 15) is 5.11 Å². The predicted octanol–water partition coefficient (Wildman–Crippen LogP) is 0.503. The molecule has 1 aromatic heterocycles. The highest BCUT2D eigenvalue weighted by atomic mass is 16.3. The zero-order chi connectivity index (χ0) is 17.1. The lowest BCUT2D eigenvalue weighted by Gasteiger charge is -2.25. The molecule has 1 aliphatic heterocycles. The number of aromatic nitrogens is 2. The summed E-state index contributed by atoms with van der Waals surface area (Å²) >= 11 is 0. The van der Waals surface area contributed by atoms with Crippen molar-refractivity contribution in [2.75, 3.05) is 65.4 Å². The van der Waals surface area contributed by atoms with Crippen LogP contribution in [-0.2, 0) is 12.8 Å². The number of nitrogens with zero attached hydrogens (tertiary/aromatic N) is 5. The fourth-order valence-electron chi connectivity index (χ4n) is 4.00. The van der Waals surface area contributed by atoms with Crippen LogP contribution in [0.3, 0.4) is 0 Å². The smallest absolute Gasteiger partial charge is 0.135 e. The first kappa shape index (κ1) is 17.6. The lowest BCUT2D eigenvalue weighted by molar-refractivity contribution is 0.171. The van der Waals surface area contributed by atoms with Gasteiger partial charge in [0.15, 0.2) is 0 Å². The highest BCUT2D eigenvalue weighted by Crippen LogP contribution is 2.33. The van der Waals surface area contributed by atoms with Gasteiger partial charge in [0.2, 0.25) is 0 Å². The fraction of sp³-hybridized carbons (Fsp3) is 0.778. The van der Waals surface area contributed by atoms with Gasteiger partial charge in [-0.25, -0.2) is 9.97 Å². The van der Waals surface area contributed by atoms with Gasteiger partial charge in [-0.1, -0.05) is 0 Å². The average molecular weight is 333 g/mol. The molecule has 1 aliphatic carbocycles. The van der Waals surface area contributed by atoms with E-state index in [0.29, 0.717) is 11.8 Å². The fourth-order valence-corrected chi connectivity index (χ4v) is 4.00. The highest BCUT2D eigenvalue weighted by Gasteiger charge is 2.35. The third-order valence-electron chi connectivity index (χ3n) is 5.44. The summed E-state index contributed by atoms with van der Waals surface area (Å²) in [5.41, 5.74) is 2.57. The number of likely N-dealkylation sites (N-methyl/N-ethyl adjacent to an activating group) is 2. The van der Waals surface area contributed by atoms with Crippen molar-refractivity contribution in [2.24, 2.45) is 11.8 Å². The second-order valence-corrected chi connectivity index (χ2v) is 7.65. The van der Waals surface area contributed by atoms with Gasteiger partial charge in [-0.3, -0.25) is 0 Å². The Morgan fingerprint density at radius 1 is 1.12 bits per heavy atom. The maximum atomic E-state index is 9.84. The standard InChI is InChI=1S/C18H31N5O/c1-21(2)7-8-22(3)9-14-10-23(11-15(14)12-24)18-16-5-4-6-17(16)19-13-20-18/h13-15,24H,4-12H2,1-3H3/t14-,15-/m1/s1. The molecule has 6 heteroatoms. The molecular weight excluding hydrogens is 302 g/mol. The summed E-state index contributed by atoms with van der Waals surface area (Å²) in [4.78, 5) is 16.0. The number of hydrogen-bond acceptors (Lipinski definition) is 6. The molecular formula is C18H31N5O. The molecule has 0 bridgehead atoms. The molecule has 0 radical (unpaired) electrons. The third-order valence-corrected chi connectivity index (χ3v) is 5.44. The van der Waals surface area contributed by atoms with E-state index in [1.165, 1.54) is 17.7 Å². The first-order valence-electron chi connectivity index (χ1n) is 9.10. The topological polar surface area (TPSA) is 55.7 Å². The van der Waals surface area contributed by atoms with Crippen LogP contribution in [0.1, 0.15) is 17.7 Å². The predicted molar refractivity (Wildman–Crippen MR) is 96.4 cm³/mol. The van der Waals surface area contributed by atoms with E-state index in [2.05, 4.69) is 45.8 Å². The Labute approximate surface area is 145 Å². The van der Waals surface area contributed by atoms with E-state index in [1.54, 1.807) is 6.33 Å². The van der Waals surface area contributed by atoms with Crippen molar-refractivity contribution < 1.29 is 5.11 Å². The van der Waals surface area contributed by atoms with Gasteiger partial charge in [0.05, 0.1) is 0 Å². The molecule has 1 aromatic rings. The molecule has 1 fully saturated rings. The summed E-state index contributed by atoms with van der Waals surface area (Å²) in [6, 6.07) is 0. The van der Waals surface area contributed by atoms with E-state index >= 15 is 0 Å². The van der Waals surface area contributed by atoms with Crippen LogP contribution >= 0.6 is 0 Å². The Hall–Kier alpha value is -1.24. The van der Waals surface area contributed by atoms with Crippen LogP contribution in [0.2, 0.25) is 0 Å². The monoisotopic (exact) mass is 333 g/mol. The molecule has 6 nitrogen and oxygen atoms in total. The molecule has 0 spiro atoms. The van der Waals surface area contributed by atoms with Gasteiger partial charge in [0, 0.05) is 56.5 Å². The van der Waals surface area contributed by atoms with Crippen molar-refractivity contribution in [1.29, 1.82) is 0 Å². The number of rotatable bonds is 7. The Bertz CT molecular complexity index is 550. The summed E-state index contributed by atoms with van der Waals surface area (Å²) in [7, 11) is 6.40. The van der Waals surface area contributed by atoms with Crippen LogP contribution in [0, 0.1) is 11.8 Å². The van der Waals surface area contributed by atoms with Gasteiger partial charge < -0.3 is 19.8 Å². The summed E-state index contributed by atoms with van der Waals surface area (Å²) < 4.78 is 0. The van der Waals surface area contributed by atoms with E-state index < -0.39 is 0 Å². The molecule has 24 heavy (non-hydrogen) atoms. The van der Waals surface area contributed by atoms with Crippen LogP contribution in [0.4, 0.5) is 5.82 Å². The lowest BCUT2D eigenvalue weighted by Crippen LogP contribution is -2.35. The molecule has 0 aromatic carbocycles. The van der Waals surface area contributed by atoms with E-state index in [-0.39, 0.29) is 6.61 Å². The van der Waals surface area contributed by atoms with Crippen LogP contribution in [0.5, 0.6) is 0 Å². The molecule has 3 rings (SSSR count). The van der Waals surface area contributed by atoms with Crippen LogP contribution in [-0.4, -0.2) is 85.3 Å². The van der Waals surface area contributed by atoms with E-state index in [0.717, 1.165) is 51.4 Å². The quantitative estimate of drug-likeness (QED) is 0.784. The lowest BCUT2D eigenvalue weighted by atomic mass is 9.96. The Balaban J connectivity index is 1.65. The zero-order valence-corrected chi connectivity index (χ0v) is 15.3. The maximum Gasteiger partial charge on any atom is 0.135 e. The number of aliphatic hydroxyl groups excluding tert-OH is 1. The minimum atomic E-state index is 0.260. The molecule has 1 saturated heterocycles. The van der Waals surface area contributed by atoms with Gasteiger partial charge >= 0.3 is 0 Å². The number of anilines is 1. The summed E-state index contributed by atoms with van der Waals surface area (Å²) in [6.45, 7) is 5.31. The van der Waals surface area contributed by atoms with Crippen LogP contribution in [0.15, 0.2) is 6.33 Å². The summed E-state index contributed by atoms with van der Waals surface area (Å²) in [5, 5.41) is 9.84. The van der Waals surface area contributed by atoms with Crippen molar-refractivity contribution in [2.45, 2.75) is 19.3 Å². The molecule has 0 saturated carbocycles. The summed E-state index contributed by atoms with van der Waals surface area (Å²) in [5.74, 6) is 1.95. The first-order chi connectivity index (χ1) is 11.6. The molecule has 134 valence electrons. The van der Waals surface area contributed by atoms with Crippen LogP contribution < -0.4 is 4.90 Å². The van der Waals surface area contributed by atoms with Crippen molar-refractivity contribution in [3.05, 3.63) is 17.6 Å². The molecule has 0 unspecified atom stereocenters. The third kappa shape index (κ3) is 3.87. The second-order valence-electron chi connectivity index (χ2n) is 7.65. The van der Waals surface area contributed by atoms with Gasteiger partial charge in [0.1, 0.15) is 12.1 Å². The van der Waals surface area contributed by atoms with Gasteiger partial charge in [-0.15, -0.1) is 0 Å². The zero-order valence-electron chi connectivity index (χ0n) is 15.3. The average Bonchev–Trinajstić information content (AvgIpc) is 3.19. The van der Waals surface area contributed by atoms with Gasteiger partial charge in [-0.2, -0.15) is 0 Å². The number of fused-ring (bicyclic) bond motifs is 1. The molecule has 0 amide bonds. The Morgan fingerprint density at radius 2 is 1.92 bits per heavy atom. The Morgan fingerprint density at radius 3 is 2.67 bits per heavy atom. The minimum absolute atomic E-state index is 0.260. The van der Waals surface area contributed by atoms with Crippen molar-refractivity contribution in [3.63, 3.8) is 0 Å². The van der Waals surface area contributed by atoms with Crippen molar-refractivity contribution >= 4 is 5.82 Å². The SMILES string of the molecule is CN(C)CCN(C)C[C@@H]1CN(c2ncnc3c2CCC3)C[C@@H]1CO. The van der Waals surface area contributed by atoms with E-state index in [1.807, 2.05) is 0 Å². The molecule has 2 atom stereocenters. The second kappa shape index (κ2) is 7.76.